The van der Waals surface area contributed by atoms with E-state index in [2.05, 4.69) is 29.8 Å². The minimum Gasteiger partial charge on any atom is -0.363 e. The summed E-state index contributed by atoms with van der Waals surface area (Å²) in [5, 5.41) is 8.81. The van der Waals surface area contributed by atoms with E-state index in [1.54, 1.807) is 24.3 Å². The van der Waals surface area contributed by atoms with Crippen molar-refractivity contribution in [2.45, 2.75) is 116 Å². The number of piperidine rings is 1. The lowest BCUT2D eigenvalue weighted by atomic mass is 9.80. The standard InChI is InChI=1S/C38H52N6O7/c1-36(2,3)29(41-35(51)42-38(16-9-6-10-17-38)20-44-32(48)22-14-7-8-15-23(22)33(44)49)34(50)43-19-24-26(37(24,4)5)27(43)31(47)40-25(28(45)30(39)46)18-21-12-11-13-21/h7-8,14-15,21,24-27,29H,6,9-13,16-20H2,1-5H3,(H2,39,46)(H,40,47)(H2,41,42,51)/t24-,25?,26-,27-,29+/m0/s1. The average molecular weight is 705 g/mol. The van der Waals surface area contributed by atoms with Gasteiger partial charge < -0.3 is 26.6 Å². The summed E-state index contributed by atoms with van der Waals surface area (Å²) in [4.78, 5) is 96.5. The summed E-state index contributed by atoms with van der Waals surface area (Å²) in [6, 6.07) is 3.10. The predicted molar refractivity (Wildman–Crippen MR) is 187 cm³/mol. The smallest absolute Gasteiger partial charge is 0.315 e. The highest BCUT2D eigenvalue weighted by molar-refractivity contribution is 6.37. The van der Waals surface area contributed by atoms with Crippen LogP contribution in [0.5, 0.6) is 0 Å². The number of hydrogen-bond donors (Lipinski definition) is 4. The van der Waals surface area contributed by atoms with Crippen molar-refractivity contribution in [2.24, 2.45) is 34.3 Å². The lowest BCUT2D eigenvalue weighted by Crippen LogP contribution is -2.64. The summed E-state index contributed by atoms with van der Waals surface area (Å²) in [6.45, 7) is 9.93. The van der Waals surface area contributed by atoms with Gasteiger partial charge in [-0.3, -0.25) is 33.7 Å². The van der Waals surface area contributed by atoms with E-state index >= 15 is 0 Å². The van der Waals surface area contributed by atoms with E-state index in [9.17, 15) is 33.6 Å². The third-order valence-electron chi connectivity index (χ3n) is 12.3. The fourth-order valence-electron chi connectivity index (χ4n) is 8.99. The van der Waals surface area contributed by atoms with Crippen molar-refractivity contribution in [3.8, 4) is 0 Å². The van der Waals surface area contributed by atoms with E-state index in [-0.39, 0.29) is 29.7 Å². The number of Topliss-reactive ketones (excluding diaryl/α,β-unsaturated/α-hetero) is 1. The van der Waals surface area contributed by atoms with Gasteiger partial charge in [-0.25, -0.2) is 4.79 Å². The molecule has 7 amide bonds. The zero-order chi connectivity index (χ0) is 37.0. The molecule has 1 saturated heterocycles. The number of nitrogens with zero attached hydrogens (tertiary/aromatic N) is 2. The number of imide groups is 1. The Hall–Kier alpha value is -4.29. The Morgan fingerprint density at radius 2 is 1.53 bits per heavy atom. The lowest BCUT2D eigenvalue weighted by Gasteiger charge is -2.42. The van der Waals surface area contributed by atoms with Crippen LogP contribution in [0.25, 0.3) is 0 Å². The zero-order valence-electron chi connectivity index (χ0n) is 30.4. The molecule has 4 fully saturated rings. The second-order valence-electron chi connectivity index (χ2n) is 17.2. The Bertz CT molecular complexity index is 1600. The number of rotatable bonds is 11. The van der Waals surface area contributed by atoms with Crippen molar-refractivity contribution in [2.75, 3.05) is 13.1 Å². The minimum absolute atomic E-state index is 0.0136. The van der Waals surface area contributed by atoms with Gasteiger partial charge in [0.25, 0.3) is 17.7 Å². The van der Waals surface area contributed by atoms with Gasteiger partial charge in [0.05, 0.1) is 29.3 Å². The monoisotopic (exact) mass is 704 g/mol. The van der Waals surface area contributed by atoms with Gasteiger partial charge in [0.15, 0.2) is 0 Å². The largest absolute Gasteiger partial charge is 0.363 e. The topological polar surface area (TPSA) is 188 Å². The van der Waals surface area contributed by atoms with Crippen LogP contribution < -0.4 is 21.7 Å². The highest BCUT2D eigenvalue weighted by Gasteiger charge is 2.70. The molecule has 5 N–H and O–H groups in total. The molecule has 13 nitrogen and oxygen atoms in total. The fraction of sp³-hybridized carbons (Fsp3) is 0.658. The molecule has 0 radical (unpaired) electrons. The highest BCUT2D eigenvalue weighted by Crippen LogP contribution is 2.65. The van der Waals surface area contributed by atoms with Crippen LogP contribution in [0.3, 0.4) is 0 Å². The lowest BCUT2D eigenvalue weighted by molar-refractivity contribution is -0.145. The Labute approximate surface area is 299 Å². The van der Waals surface area contributed by atoms with Gasteiger partial charge >= 0.3 is 6.03 Å². The van der Waals surface area contributed by atoms with Crippen LogP contribution in [0, 0.1) is 28.6 Å². The molecule has 0 spiro atoms. The summed E-state index contributed by atoms with van der Waals surface area (Å²) in [6.07, 6.45) is 6.83. The van der Waals surface area contributed by atoms with Crippen LogP contribution in [0.4, 0.5) is 4.79 Å². The van der Waals surface area contributed by atoms with Gasteiger partial charge in [0.1, 0.15) is 12.1 Å². The van der Waals surface area contributed by atoms with E-state index in [1.165, 1.54) is 9.80 Å². The van der Waals surface area contributed by atoms with Crippen LogP contribution in [0.2, 0.25) is 0 Å². The van der Waals surface area contributed by atoms with Gasteiger partial charge in [0.2, 0.25) is 17.6 Å². The Morgan fingerprint density at radius 3 is 2.06 bits per heavy atom. The molecule has 3 saturated carbocycles. The van der Waals surface area contributed by atoms with Crippen LogP contribution in [-0.4, -0.2) is 87.9 Å². The number of likely N-dealkylation sites (tertiary alicyclic amines) is 1. The van der Waals surface area contributed by atoms with Crippen LogP contribution in [-0.2, 0) is 19.2 Å². The average Bonchev–Trinajstić information content (AvgIpc) is 3.31. The first-order valence-corrected chi connectivity index (χ1v) is 18.4. The number of amides is 7. The van der Waals surface area contributed by atoms with E-state index in [4.69, 9.17) is 5.73 Å². The first kappa shape index (κ1) is 36.5. The molecule has 1 aromatic rings. The molecule has 51 heavy (non-hydrogen) atoms. The molecule has 3 aliphatic carbocycles. The number of nitrogens with two attached hydrogens (primary N) is 1. The van der Waals surface area contributed by atoms with Crippen LogP contribution >= 0.6 is 0 Å². The normalized spacial score (nSPS) is 25.9. The molecule has 1 unspecified atom stereocenters. The first-order valence-electron chi connectivity index (χ1n) is 18.4. The molecule has 2 aliphatic heterocycles. The third kappa shape index (κ3) is 6.87. The predicted octanol–water partition coefficient (Wildman–Crippen LogP) is 2.91. The summed E-state index contributed by atoms with van der Waals surface area (Å²) >= 11 is 0. The molecule has 1 aromatic carbocycles. The summed E-state index contributed by atoms with van der Waals surface area (Å²) < 4.78 is 0. The minimum atomic E-state index is -1.11. The fourth-order valence-corrected chi connectivity index (χ4v) is 8.99. The molecule has 13 heteroatoms. The third-order valence-corrected chi connectivity index (χ3v) is 12.3. The van der Waals surface area contributed by atoms with E-state index in [1.807, 2.05) is 20.8 Å². The number of fused-ring (bicyclic) bond motifs is 2. The second-order valence-corrected chi connectivity index (χ2v) is 17.2. The quantitative estimate of drug-likeness (QED) is 0.201. The van der Waals surface area contributed by atoms with Crippen molar-refractivity contribution in [1.82, 2.24) is 25.8 Å². The molecule has 2 heterocycles. The van der Waals surface area contributed by atoms with Crippen LogP contribution in [0.1, 0.15) is 113 Å². The molecular formula is C38H52N6O7. The van der Waals surface area contributed by atoms with Gasteiger partial charge in [-0.1, -0.05) is 85.3 Å². The number of hydrogen-bond acceptors (Lipinski definition) is 7. The maximum atomic E-state index is 14.5. The molecule has 5 atom stereocenters. The SMILES string of the molecule is CC(C)(C)[C@H](NC(=O)NC1(CN2C(=O)c3ccccc3C2=O)CCCCC1)C(=O)N1C[C@H]2[C@@H]([C@H]1C(=O)NC(CC1CCC1)C(=O)C(N)=O)C2(C)C. The molecular weight excluding hydrogens is 652 g/mol. The molecule has 0 bridgehead atoms. The number of ketones is 1. The number of nitrogens with one attached hydrogen (secondary N) is 3. The maximum Gasteiger partial charge on any atom is 0.315 e. The molecule has 6 rings (SSSR count). The van der Waals surface area contributed by atoms with E-state index in [0.717, 1.165) is 38.5 Å². The Morgan fingerprint density at radius 1 is 0.922 bits per heavy atom. The van der Waals surface area contributed by atoms with Gasteiger partial charge in [-0.05, 0) is 60.0 Å². The van der Waals surface area contributed by atoms with Crippen LogP contribution in [0.15, 0.2) is 24.3 Å². The van der Waals surface area contributed by atoms with Gasteiger partial charge in [-0.15, -0.1) is 0 Å². The zero-order valence-corrected chi connectivity index (χ0v) is 30.4. The summed E-state index contributed by atoms with van der Waals surface area (Å²) in [5.41, 5.74) is 4.18. The summed E-state index contributed by atoms with van der Waals surface area (Å²) in [5.74, 6) is -3.55. The van der Waals surface area contributed by atoms with Crippen molar-refractivity contribution < 1.29 is 33.6 Å². The number of urea groups is 1. The highest BCUT2D eigenvalue weighted by atomic mass is 16.2. The second kappa shape index (κ2) is 13.4. The van der Waals surface area contributed by atoms with Gasteiger partial charge in [0, 0.05) is 6.54 Å². The van der Waals surface area contributed by atoms with Crippen molar-refractivity contribution in [3.05, 3.63) is 35.4 Å². The Balaban J connectivity index is 1.19. The molecule has 5 aliphatic rings. The van der Waals surface area contributed by atoms with Gasteiger partial charge in [-0.2, -0.15) is 0 Å². The summed E-state index contributed by atoms with van der Waals surface area (Å²) in [7, 11) is 0. The number of primary amides is 1. The van der Waals surface area contributed by atoms with E-state index < -0.39 is 70.4 Å². The Kier molecular flexibility index (Phi) is 9.56. The van der Waals surface area contributed by atoms with Crippen molar-refractivity contribution in [1.29, 1.82) is 0 Å². The van der Waals surface area contributed by atoms with Crippen molar-refractivity contribution in [3.63, 3.8) is 0 Å². The van der Waals surface area contributed by atoms with Crippen molar-refractivity contribution >= 4 is 41.4 Å². The number of carbonyl (C=O) groups is 7. The molecule has 0 aromatic heterocycles. The van der Waals surface area contributed by atoms with E-state index in [0.29, 0.717) is 36.9 Å². The number of benzene rings is 1. The maximum absolute atomic E-state index is 14.5. The first-order chi connectivity index (χ1) is 23.9. The molecule has 276 valence electrons. The number of carbonyl (C=O) groups excluding carboxylic acids is 7.